The Morgan fingerprint density at radius 1 is 1.32 bits per heavy atom. The summed E-state index contributed by atoms with van der Waals surface area (Å²) in [5.74, 6) is -6.32. The number of halogens is 3. The van der Waals surface area contributed by atoms with Gasteiger partial charge in [0.15, 0.2) is 0 Å². The lowest BCUT2D eigenvalue weighted by Crippen LogP contribution is -2.70. The van der Waals surface area contributed by atoms with E-state index >= 15 is 0 Å². The summed E-state index contributed by atoms with van der Waals surface area (Å²) in [5.41, 5.74) is 1.38. The van der Waals surface area contributed by atoms with Gasteiger partial charge < -0.3 is 20.9 Å². The van der Waals surface area contributed by atoms with E-state index in [0.717, 1.165) is 12.0 Å². The molecule has 3 N–H and O–H groups in total. The fourth-order valence-electron chi connectivity index (χ4n) is 5.85. The van der Waals surface area contributed by atoms with Gasteiger partial charge in [-0.25, -0.2) is 8.78 Å². The summed E-state index contributed by atoms with van der Waals surface area (Å²) in [5, 5.41) is 18.6. The number of nitrogens with zero attached hydrogens (tertiary/aromatic N) is 2. The van der Waals surface area contributed by atoms with E-state index in [2.05, 4.69) is 16.0 Å². The number of amides is 3. The van der Waals surface area contributed by atoms with Crippen LogP contribution in [-0.2, 0) is 14.4 Å². The molecule has 0 radical (unpaired) electrons. The lowest BCUT2D eigenvalue weighted by Gasteiger charge is -2.54. The van der Waals surface area contributed by atoms with Crippen LogP contribution in [0.3, 0.4) is 0 Å². The third-order valence-electron chi connectivity index (χ3n) is 7.86. The van der Waals surface area contributed by atoms with Crippen molar-refractivity contribution >= 4 is 35.0 Å². The molecule has 3 saturated heterocycles. The molecule has 11 heteroatoms. The smallest absolute Gasteiger partial charge is 0.255 e. The van der Waals surface area contributed by atoms with Crippen LogP contribution in [0.2, 0.25) is 5.02 Å². The fraction of sp³-hybridized carbons (Fsp3) is 0.615. The Hall–Kier alpha value is -2.93. The van der Waals surface area contributed by atoms with Gasteiger partial charge in [-0.05, 0) is 63.6 Å². The van der Waals surface area contributed by atoms with Crippen LogP contribution in [0.5, 0.6) is 0 Å². The van der Waals surface area contributed by atoms with Gasteiger partial charge in [-0.3, -0.25) is 14.4 Å². The molecule has 4 fully saturated rings. The van der Waals surface area contributed by atoms with E-state index in [1.165, 1.54) is 4.90 Å². The zero-order chi connectivity index (χ0) is 26.9. The van der Waals surface area contributed by atoms with Crippen molar-refractivity contribution in [1.29, 1.82) is 5.26 Å². The highest BCUT2D eigenvalue weighted by Gasteiger charge is 2.60. The molecule has 8 nitrogen and oxygen atoms in total. The van der Waals surface area contributed by atoms with E-state index in [1.807, 2.05) is 6.07 Å². The van der Waals surface area contributed by atoms with Crippen LogP contribution in [0.1, 0.15) is 51.0 Å². The van der Waals surface area contributed by atoms with E-state index < -0.39 is 60.2 Å². The van der Waals surface area contributed by atoms with Crippen LogP contribution >= 0.6 is 11.6 Å². The number of nitriles is 1. The topological polar surface area (TPSA) is 114 Å². The number of rotatable bonds is 7. The van der Waals surface area contributed by atoms with E-state index in [-0.39, 0.29) is 18.7 Å². The molecule has 0 spiro atoms. The van der Waals surface area contributed by atoms with E-state index in [9.17, 15) is 28.4 Å². The number of benzene rings is 1. The Bertz CT molecular complexity index is 1110. The van der Waals surface area contributed by atoms with Gasteiger partial charge in [-0.15, -0.1) is 0 Å². The van der Waals surface area contributed by atoms with Crippen LogP contribution in [-0.4, -0.2) is 59.3 Å². The van der Waals surface area contributed by atoms with Crippen LogP contribution in [0.15, 0.2) is 18.2 Å². The van der Waals surface area contributed by atoms with Gasteiger partial charge in [0.05, 0.1) is 12.0 Å². The molecule has 1 aromatic rings. The predicted octanol–water partition coefficient (Wildman–Crippen LogP) is 3.39. The lowest BCUT2D eigenvalue weighted by molar-refractivity contribution is -0.194. The Labute approximate surface area is 220 Å². The molecular formula is C26H32ClF2N5O3. The van der Waals surface area contributed by atoms with Crippen LogP contribution in [0.25, 0.3) is 0 Å². The highest BCUT2D eigenvalue weighted by Crippen LogP contribution is 2.49. The van der Waals surface area contributed by atoms with Gasteiger partial charge in [0.2, 0.25) is 17.7 Å². The average molecular weight is 536 g/mol. The van der Waals surface area contributed by atoms with Gasteiger partial charge in [0, 0.05) is 35.6 Å². The number of anilines is 1. The summed E-state index contributed by atoms with van der Waals surface area (Å²) in [6, 6.07) is 3.18. The second kappa shape index (κ2) is 10.8. The second-order valence-electron chi connectivity index (χ2n) is 10.3. The van der Waals surface area contributed by atoms with Crippen LogP contribution < -0.4 is 16.0 Å². The summed E-state index contributed by atoms with van der Waals surface area (Å²) in [4.78, 5) is 40.5. The van der Waals surface area contributed by atoms with E-state index in [0.29, 0.717) is 30.1 Å². The van der Waals surface area contributed by atoms with E-state index in [1.54, 1.807) is 32.0 Å². The fourth-order valence-corrected chi connectivity index (χ4v) is 6.03. The molecule has 1 aromatic carbocycles. The quantitative estimate of drug-likeness (QED) is 0.495. The Morgan fingerprint density at radius 3 is 2.76 bits per heavy atom. The van der Waals surface area contributed by atoms with Crippen LogP contribution in [0.4, 0.5) is 14.5 Å². The summed E-state index contributed by atoms with van der Waals surface area (Å²) < 4.78 is 29.9. The number of hydrogen-bond donors (Lipinski definition) is 3. The van der Waals surface area contributed by atoms with Gasteiger partial charge in [-0.1, -0.05) is 17.7 Å². The van der Waals surface area contributed by atoms with Crippen molar-refractivity contribution in [3.05, 3.63) is 28.8 Å². The number of nitrogens with one attached hydrogen (secondary N) is 3. The first-order valence-electron chi connectivity index (χ1n) is 12.7. The summed E-state index contributed by atoms with van der Waals surface area (Å²) in [6.45, 7) is 3.99. The number of alkyl halides is 2. The molecule has 3 amide bonds. The molecule has 1 aliphatic carbocycles. The highest BCUT2D eigenvalue weighted by molar-refractivity contribution is 6.31. The van der Waals surface area contributed by atoms with Gasteiger partial charge in [0.1, 0.15) is 18.1 Å². The van der Waals surface area contributed by atoms with Gasteiger partial charge in [0.25, 0.3) is 5.92 Å². The Kier molecular flexibility index (Phi) is 7.93. The monoisotopic (exact) mass is 535 g/mol. The van der Waals surface area contributed by atoms with Crippen molar-refractivity contribution in [1.82, 2.24) is 15.5 Å². The number of carbonyl (C=O) groups excluding carboxylic acids is 3. The van der Waals surface area contributed by atoms with E-state index in [4.69, 9.17) is 11.6 Å². The maximum Gasteiger partial charge on any atom is 0.255 e. The number of hydrogen-bond acceptors (Lipinski definition) is 5. The summed E-state index contributed by atoms with van der Waals surface area (Å²) in [6.07, 6.45) is 1.42. The Morgan fingerprint density at radius 2 is 2.08 bits per heavy atom. The molecule has 0 aromatic heterocycles. The molecule has 0 unspecified atom stereocenters. The number of fused-ring (bicyclic) bond motifs is 3. The minimum absolute atomic E-state index is 0.0885. The van der Waals surface area contributed by atoms with Crippen molar-refractivity contribution in [3.8, 4) is 6.07 Å². The maximum atomic E-state index is 15.0. The standard InChI is InChI=1S/C26H32ClF2N5O3/c1-14-20(27)6-3-7-21(14)32-15(2)25(37)34-18-8-9-19(26(28,29)12-18)22(34)24(36)33-17(13-30)11-16-5-4-10-31-23(16)35/h3,6-7,15-19,22,32H,4-5,8-12H2,1-2H3,(H,31,35)(H,33,36)/t15-,16+,17-,18+,19+,22-/m1/s1. The molecule has 3 aliphatic heterocycles. The minimum atomic E-state index is -3.10. The summed E-state index contributed by atoms with van der Waals surface area (Å²) in [7, 11) is 0. The maximum absolute atomic E-state index is 15.0. The third kappa shape index (κ3) is 5.52. The molecule has 200 valence electrons. The number of carbonyl (C=O) groups is 3. The third-order valence-corrected chi connectivity index (χ3v) is 8.27. The van der Waals surface area contributed by atoms with Gasteiger partial charge >= 0.3 is 0 Å². The average Bonchev–Trinajstić information content (AvgIpc) is 2.86. The minimum Gasteiger partial charge on any atom is -0.374 e. The van der Waals surface area contributed by atoms with Crippen molar-refractivity contribution < 1.29 is 23.2 Å². The number of piperidine rings is 3. The largest absolute Gasteiger partial charge is 0.374 e. The van der Waals surface area contributed by atoms with Crippen molar-refractivity contribution in [2.45, 2.75) is 82.5 Å². The first-order chi connectivity index (χ1) is 17.5. The zero-order valence-electron chi connectivity index (χ0n) is 20.9. The molecule has 2 bridgehead atoms. The Balaban J connectivity index is 1.54. The molecule has 6 atom stereocenters. The summed E-state index contributed by atoms with van der Waals surface area (Å²) >= 11 is 6.19. The van der Waals surface area contributed by atoms with Crippen molar-refractivity contribution in [2.24, 2.45) is 11.8 Å². The van der Waals surface area contributed by atoms with Crippen molar-refractivity contribution in [3.63, 3.8) is 0 Å². The SMILES string of the molecule is Cc1c(Cl)cccc1N[C@H](C)C(=O)N1[C@H]2CC[C@@H]([C@@H]1C(=O)N[C@@H](C#N)C[C@@H]1CCCNC1=O)C(F)(F)C2. The normalized spacial score (nSPS) is 28.0. The van der Waals surface area contributed by atoms with Crippen LogP contribution in [0, 0.1) is 30.1 Å². The first-order valence-corrected chi connectivity index (χ1v) is 13.1. The lowest BCUT2D eigenvalue weighted by atomic mass is 9.71. The molecule has 37 heavy (non-hydrogen) atoms. The molecule has 5 rings (SSSR count). The highest BCUT2D eigenvalue weighted by atomic mass is 35.5. The first kappa shape index (κ1) is 27.1. The van der Waals surface area contributed by atoms with Crippen molar-refractivity contribution in [2.75, 3.05) is 11.9 Å². The predicted molar refractivity (Wildman–Crippen MR) is 134 cm³/mol. The second-order valence-corrected chi connectivity index (χ2v) is 10.7. The molecule has 1 saturated carbocycles. The van der Waals surface area contributed by atoms with Gasteiger partial charge in [-0.2, -0.15) is 5.26 Å². The molecule has 3 heterocycles. The molecule has 4 aliphatic rings. The zero-order valence-corrected chi connectivity index (χ0v) is 21.7. The molecular weight excluding hydrogens is 504 g/mol.